The summed E-state index contributed by atoms with van der Waals surface area (Å²) < 4.78 is 22.9. The Morgan fingerprint density at radius 1 is 0.960 bits per heavy atom. The zero-order valence-corrected chi connectivity index (χ0v) is 14.2. The molecule has 25 heavy (non-hydrogen) atoms. The van der Waals surface area contributed by atoms with Crippen LogP contribution in [0.2, 0.25) is 0 Å². The minimum atomic E-state index is -1.23. The minimum absolute atomic E-state index is 0.230. The molecule has 2 N–H and O–H groups in total. The molecule has 0 spiro atoms. The molecule has 0 radical (unpaired) electrons. The van der Waals surface area contributed by atoms with Gasteiger partial charge in [0.1, 0.15) is 24.4 Å². The molecular formula is C19H26O6. The zero-order chi connectivity index (χ0) is 18.1. The lowest BCUT2D eigenvalue weighted by Crippen LogP contribution is -2.61. The van der Waals surface area contributed by atoms with Gasteiger partial charge in [0.15, 0.2) is 6.29 Å². The van der Waals surface area contributed by atoms with Gasteiger partial charge in [-0.1, -0.05) is 42.5 Å². The van der Waals surface area contributed by atoms with Crippen molar-refractivity contribution in [3.63, 3.8) is 0 Å². The Morgan fingerprint density at radius 2 is 1.60 bits per heavy atom. The fourth-order valence-corrected chi connectivity index (χ4v) is 2.74. The van der Waals surface area contributed by atoms with Gasteiger partial charge in [0.05, 0.1) is 26.4 Å². The predicted molar refractivity (Wildman–Crippen MR) is 92.9 cm³/mol. The van der Waals surface area contributed by atoms with Gasteiger partial charge in [-0.2, -0.15) is 0 Å². The maximum Gasteiger partial charge on any atom is 0.184 e. The summed E-state index contributed by atoms with van der Waals surface area (Å²) in [6, 6.07) is 9.65. The van der Waals surface area contributed by atoms with Crippen LogP contribution < -0.4 is 0 Å². The van der Waals surface area contributed by atoms with Crippen molar-refractivity contribution in [2.45, 2.75) is 37.3 Å². The van der Waals surface area contributed by atoms with Gasteiger partial charge in [-0.25, -0.2) is 0 Å². The van der Waals surface area contributed by atoms with E-state index >= 15 is 0 Å². The van der Waals surface area contributed by atoms with Crippen LogP contribution >= 0.6 is 0 Å². The van der Waals surface area contributed by atoms with E-state index in [-0.39, 0.29) is 19.8 Å². The van der Waals surface area contributed by atoms with Crippen LogP contribution in [0.5, 0.6) is 0 Å². The van der Waals surface area contributed by atoms with E-state index in [2.05, 4.69) is 13.2 Å². The molecule has 6 heteroatoms. The van der Waals surface area contributed by atoms with Gasteiger partial charge >= 0.3 is 0 Å². The summed E-state index contributed by atoms with van der Waals surface area (Å²) in [5.41, 5.74) is 0.983. The summed E-state index contributed by atoms with van der Waals surface area (Å²) in [6.45, 7) is 7.76. The first-order valence-corrected chi connectivity index (χ1v) is 8.26. The topological polar surface area (TPSA) is 77.4 Å². The highest BCUT2D eigenvalue weighted by Gasteiger charge is 2.47. The molecule has 1 aromatic carbocycles. The highest BCUT2D eigenvalue weighted by molar-refractivity contribution is 5.13. The standard InChI is InChI=1S/C19H26O6/c1-3-10-22-17-16(24-13-14-8-6-5-7-9-14)15(12-20)25-19(21)18(17)23-11-4-2/h3-9,15-21H,1-2,10-13H2/t15-,16-,17+,18-,19+/m1/s1. The number of rotatable bonds is 10. The average Bonchev–Trinajstić information content (AvgIpc) is 2.64. The average molecular weight is 350 g/mol. The molecule has 0 amide bonds. The minimum Gasteiger partial charge on any atom is -0.394 e. The molecular weight excluding hydrogens is 324 g/mol. The molecule has 1 heterocycles. The Hall–Kier alpha value is -1.54. The number of aliphatic hydroxyl groups is 2. The first-order chi connectivity index (χ1) is 12.2. The molecule has 0 unspecified atom stereocenters. The first kappa shape index (κ1) is 19.8. The summed E-state index contributed by atoms with van der Waals surface area (Å²) >= 11 is 0. The Labute approximate surface area is 148 Å². The second-order valence-corrected chi connectivity index (χ2v) is 5.68. The summed E-state index contributed by atoms with van der Waals surface area (Å²) in [5, 5.41) is 19.8. The number of aliphatic hydroxyl groups excluding tert-OH is 2. The van der Waals surface area contributed by atoms with Crippen LogP contribution in [0.25, 0.3) is 0 Å². The predicted octanol–water partition coefficient (Wildman–Crippen LogP) is 1.42. The Kier molecular flexibility index (Phi) is 8.27. The van der Waals surface area contributed by atoms with Gasteiger partial charge < -0.3 is 29.2 Å². The van der Waals surface area contributed by atoms with Crippen molar-refractivity contribution in [3.05, 3.63) is 61.2 Å². The third-order valence-corrected chi connectivity index (χ3v) is 3.89. The van der Waals surface area contributed by atoms with Gasteiger partial charge in [0, 0.05) is 0 Å². The molecule has 0 aromatic heterocycles. The van der Waals surface area contributed by atoms with Gasteiger partial charge in [0.2, 0.25) is 0 Å². The van der Waals surface area contributed by atoms with E-state index in [4.69, 9.17) is 18.9 Å². The van der Waals surface area contributed by atoms with Crippen LogP contribution in [0.3, 0.4) is 0 Å². The van der Waals surface area contributed by atoms with Crippen molar-refractivity contribution in [2.24, 2.45) is 0 Å². The van der Waals surface area contributed by atoms with Crippen molar-refractivity contribution in [3.8, 4) is 0 Å². The molecule has 0 aliphatic carbocycles. The van der Waals surface area contributed by atoms with Crippen LogP contribution in [-0.2, 0) is 25.6 Å². The van der Waals surface area contributed by atoms with Gasteiger partial charge in [-0.3, -0.25) is 0 Å². The van der Waals surface area contributed by atoms with Crippen LogP contribution in [0.4, 0.5) is 0 Å². The second-order valence-electron chi connectivity index (χ2n) is 5.68. The fraction of sp³-hybridized carbons (Fsp3) is 0.474. The molecule has 1 aliphatic rings. The zero-order valence-electron chi connectivity index (χ0n) is 14.2. The van der Waals surface area contributed by atoms with Crippen LogP contribution in [0, 0.1) is 0 Å². The van der Waals surface area contributed by atoms with Crippen LogP contribution in [-0.4, -0.2) is 60.7 Å². The lowest BCUT2D eigenvalue weighted by atomic mass is 9.98. The molecule has 2 rings (SSSR count). The normalized spacial score (nSPS) is 29.3. The van der Waals surface area contributed by atoms with Crippen molar-refractivity contribution in [1.82, 2.24) is 0 Å². The molecule has 5 atom stereocenters. The van der Waals surface area contributed by atoms with Crippen LogP contribution in [0.15, 0.2) is 55.6 Å². The summed E-state index contributed by atoms with van der Waals surface area (Å²) in [7, 11) is 0. The molecule has 0 saturated carbocycles. The summed E-state index contributed by atoms with van der Waals surface area (Å²) in [4.78, 5) is 0. The third kappa shape index (κ3) is 5.47. The van der Waals surface area contributed by atoms with Gasteiger partial charge in [-0.15, -0.1) is 13.2 Å². The number of ether oxygens (including phenoxy) is 4. The van der Waals surface area contributed by atoms with Gasteiger partial charge in [-0.05, 0) is 5.56 Å². The second kappa shape index (κ2) is 10.5. The van der Waals surface area contributed by atoms with E-state index < -0.39 is 30.7 Å². The molecule has 1 aliphatic heterocycles. The molecule has 1 fully saturated rings. The van der Waals surface area contributed by atoms with E-state index in [9.17, 15) is 10.2 Å². The van der Waals surface area contributed by atoms with Crippen molar-refractivity contribution in [1.29, 1.82) is 0 Å². The maximum atomic E-state index is 10.2. The fourth-order valence-electron chi connectivity index (χ4n) is 2.74. The van der Waals surface area contributed by atoms with E-state index in [1.54, 1.807) is 12.2 Å². The highest BCUT2D eigenvalue weighted by Crippen LogP contribution is 2.28. The number of benzene rings is 1. The van der Waals surface area contributed by atoms with E-state index in [0.717, 1.165) is 5.56 Å². The lowest BCUT2D eigenvalue weighted by Gasteiger charge is -2.43. The summed E-state index contributed by atoms with van der Waals surface area (Å²) in [6.07, 6.45) is -0.766. The Morgan fingerprint density at radius 3 is 2.20 bits per heavy atom. The number of hydrogen-bond donors (Lipinski definition) is 2. The quantitative estimate of drug-likeness (QED) is 0.622. The Balaban J connectivity index is 2.15. The molecule has 1 aromatic rings. The van der Waals surface area contributed by atoms with E-state index in [1.165, 1.54) is 0 Å². The molecule has 1 saturated heterocycles. The Bertz CT molecular complexity index is 520. The van der Waals surface area contributed by atoms with E-state index in [1.807, 2.05) is 30.3 Å². The van der Waals surface area contributed by atoms with Crippen LogP contribution in [0.1, 0.15) is 5.56 Å². The van der Waals surface area contributed by atoms with Gasteiger partial charge in [0.25, 0.3) is 0 Å². The molecule has 6 nitrogen and oxygen atoms in total. The highest BCUT2D eigenvalue weighted by atomic mass is 16.7. The van der Waals surface area contributed by atoms with E-state index in [0.29, 0.717) is 6.61 Å². The largest absolute Gasteiger partial charge is 0.394 e. The molecule has 0 bridgehead atoms. The summed E-state index contributed by atoms with van der Waals surface area (Å²) in [5.74, 6) is 0. The third-order valence-electron chi connectivity index (χ3n) is 3.89. The van der Waals surface area contributed by atoms with Crippen molar-refractivity contribution < 1.29 is 29.2 Å². The molecule has 138 valence electrons. The monoisotopic (exact) mass is 350 g/mol. The van der Waals surface area contributed by atoms with Crippen molar-refractivity contribution in [2.75, 3.05) is 19.8 Å². The first-order valence-electron chi connectivity index (χ1n) is 8.26. The smallest absolute Gasteiger partial charge is 0.184 e. The lowest BCUT2D eigenvalue weighted by molar-refractivity contribution is -0.309. The SMILES string of the molecule is C=CCO[C@@H]1[C@@H](OCC=C)[C@@H](O)O[C@H](CO)[C@H]1OCc1ccccc1. The maximum absolute atomic E-state index is 10.2. The number of hydrogen-bond acceptors (Lipinski definition) is 6. The van der Waals surface area contributed by atoms with Crippen molar-refractivity contribution >= 4 is 0 Å².